The summed E-state index contributed by atoms with van der Waals surface area (Å²) in [6.07, 6.45) is 0. The van der Waals surface area contributed by atoms with Gasteiger partial charge in [0.1, 0.15) is 0 Å². The Morgan fingerprint density at radius 3 is 2.67 bits per heavy atom. The third kappa shape index (κ3) is 2.71. The first kappa shape index (κ1) is 10.5. The Morgan fingerprint density at radius 1 is 1.50 bits per heavy atom. The van der Waals surface area contributed by atoms with Gasteiger partial charge >= 0.3 is 0 Å². The van der Waals surface area contributed by atoms with E-state index >= 15 is 0 Å². The fourth-order valence-corrected chi connectivity index (χ4v) is 2.21. The molecule has 0 N–H and O–H groups in total. The molecule has 0 aliphatic carbocycles. The molecule has 1 rings (SSSR count). The second kappa shape index (κ2) is 4.58. The van der Waals surface area contributed by atoms with Gasteiger partial charge in [0, 0.05) is 14.2 Å². The van der Waals surface area contributed by atoms with E-state index < -0.39 is 0 Å². The minimum absolute atomic E-state index is 0.0513. The van der Waals surface area contributed by atoms with Crippen LogP contribution in [0.25, 0.3) is 0 Å². The van der Waals surface area contributed by atoms with Crippen LogP contribution in [0.5, 0.6) is 0 Å². The van der Waals surface area contributed by atoms with E-state index in [9.17, 15) is 4.79 Å². The zero-order valence-electron chi connectivity index (χ0n) is 5.98. The Kier molecular flexibility index (Phi) is 3.99. The number of benzene rings is 1. The molecule has 1 aromatic rings. The average Bonchev–Trinajstić information content (AvgIpc) is 2.01. The molecule has 0 radical (unpaired) electrons. The molecule has 0 aromatic heterocycles. The van der Waals surface area contributed by atoms with Crippen molar-refractivity contribution >= 4 is 55.9 Å². The lowest BCUT2D eigenvalue weighted by molar-refractivity contribution is 0.102. The molecule has 12 heavy (non-hydrogen) atoms. The molecular formula is C8H5BrClIO. The van der Waals surface area contributed by atoms with Crippen LogP contribution in [-0.4, -0.2) is 11.1 Å². The van der Waals surface area contributed by atoms with Crippen LogP contribution in [0.1, 0.15) is 10.4 Å². The first-order valence-electron chi connectivity index (χ1n) is 3.18. The lowest BCUT2D eigenvalue weighted by Crippen LogP contribution is -1.99. The second-order valence-corrected chi connectivity index (χ2v) is 4.46. The van der Waals surface area contributed by atoms with Crippen molar-refractivity contribution in [3.8, 4) is 0 Å². The number of rotatable bonds is 2. The van der Waals surface area contributed by atoms with Crippen molar-refractivity contribution in [3.63, 3.8) is 0 Å². The lowest BCUT2D eigenvalue weighted by Gasteiger charge is -1.98. The van der Waals surface area contributed by atoms with E-state index in [0.29, 0.717) is 15.9 Å². The maximum Gasteiger partial charge on any atom is 0.173 e. The van der Waals surface area contributed by atoms with E-state index in [1.54, 1.807) is 6.07 Å². The van der Waals surface area contributed by atoms with Crippen LogP contribution in [0.3, 0.4) is 0 Å². The van der Waals surface area contributed by atoms with Crippen molar-refractivity contribution in [1.82, 2.24) is 0 Å². The van der Waals surface area contributed by atoms with Crippen LogP contribution in [-0.2, 0) is 0 Å². The van der Waals surface area contributed by atoms with E-state index in [2.05, 4.69) is 38.5 Å². The van der Waals surface area contributed by atoms with E-state index in [4.69, 9.17) is 11.6 Å². The highest BCUT2D eigenvalue weighted by molar-refractivity contribution is 14.1. The van der Waals surface area contributed by atoms with E-state index in [0.717, 1.165) is 3.57 Å². The molecule has 0 saturated heterocycles. The number of carbonyl (C=O) groups excluding carboxylic acids is 1. The number of hydrogen-bond acceptors (Lipinski definition) is 1. The first-order valence-corrected chi connectivity index (χ1v) is 5.76. The topological polar surface area (TPSA) is 17.1 Å². The van der Waals surface area contributed by atoms with Gasteiger partial charge in [0.25, 0.3) is 0 Å². The predicted molar refractivity (Wildman–Crippen MR) is 62.3 cm³/mol. The normalized spacial score (nSPS) is 9.92. The van der Waals surface area contributed by atoms with Gasteiger partial charge in [-0.15, -0.1) is 0 Å². The molecule has 1 aromatic carbocycles. The van der Waals surface area contributed by atoms with Crippen molar-refractivity contribution in [2.24, 2.45) is 0 Å². The van der Waals surface area contributed by atoms with Crippen LogP contribution >= 0.6 is 50.1 Å². The van der Waals surface area contributed by atoms with Gasteiger partial charge in [-0.1, -0.05) is 27.5 Å². The molecular weight excluding hydrogens is 354 g/mol. The smallest absolute Gasteiger partial charge is 0.173 e. The second-order valence-electron chi connectivity index (χ2n) is 2.21. The third-order valence-electron chi connectivity index (χ3n) is 1.31. The zero-order chi connectivity index (χ0) is 9.14. The Balaban J connectivity index is 3.08. The highest BCUT2D eigenvalue weighted by Gasteiger charge is 2.05. The van der Waals surface area contributed by atoms with Crippen molar-refractivity contribution in [2.45, 2.75) is 0 Å². The Morgan fingerprint density at radius 2 is 2.17 bits per heavy atom. The van der Waals surface area contributed by atoms with Crippen molar-refractivity contribution in [1.29, 1.82) is 0 Å². The summed E-state index contributed by atoms with van der Waals surface area (Å²) in [4.78, 5) is 11.2. The standard InChI is InChI=1S/C8H5BrClIO/c9-4-8(12)5-1-6(10)3-7(11)2-5/h1-3H,4H2. The number of carbonyl (C=O) groups is 1. The number of halogens is 3. The molecule has 0 spiro atoms. The summed E-state index contributed by atoms with van der Waals surface area (Å²) in [6.45, 7) is 0. The molecule has 1 nitrogen and oxygen atoms in total. The largest absolute Gasteiger partial charge is 0.293 e. The monoisotopic (exact) mass is 358 g/mol. The molecule has 0 bridgehead atoms. The molecule has 0 saturated carbocycles. The van der Waals surface area contributed by atoms with Crippen LogP contribution in [0, 0.1) is 3.57 Å². The summed E-state index contributed by atoms with van der Waals surface area (Å²) in [6, 6.07) is 5.30. The molecule has 0 unspecified atom stereocenters. The van der Waals surface area contributed by atoms with Crippen molar-refractivity contribution in [2.75, 3.05) is 5.33 Å². The minimum Gasteiger partial charge on any atom is -0.293 e. The van der Waals surface area contributed by atoms with E-state index in [1.165, 1.54) is 0 Å². The summed E-state index contributed by atoms with van der Waals surface area (Å²) in [5, 5.41) is 0.940. The minimum atomic E-state index is 0.0513. The highest BCUT2D eigenvalue weighted by Crippen LogP contribution is 2.17. The molecule has 0 fully saturated rings. The fourth-order valence-electron chi connectivity index (χ4n) is 0.792. The molecule has 64 valence electrons. The Labute approximate surface area is 97.8 Å². The Hall–Kier alpha value is 0.390. The summed E-state index contributed by atoms with van der Waals surface area (Å²) in [5.41, 5.74) is 0.656. The SMILES string of the molecule is O=C(CBr)c1cc(Cl)cc(I)c1. The van der Waals surface area contributed by atoms with Gasteiger partial charge in [0.2, 0.25) is 0 Å². The van der Waals surface area contributed by atoms with Gasteiger partial charge in [0.15, 0.2) is 5.78 Å². The van der Waals surface area contributed by atoms with E-state index in [1.807, 2.05) is 12.1 Å². The van der Waals surface area contributed by atoms with Gasteiger partial charge in [-0.3, -0.25) is 4.79 Å². The predicted octanol–water partition coefficient (Wildman–Crippen LogP) is 3.52. The fraction of sp³-hybridized carbons (Fsp3) is 0.125. The van der Waals surface area contributed by atoms with Crippen molar-refractivity contribution in [3.05, 3.63) is 32.4 Å². The van der Waals surface area contributed by atoms with Gasteiger partial charge in [0.05, 0.1) is 5.33 Å². The number of alkyl halides is 1. The van der Waals surface area contributed by atoms with Gasteiger partial charge < -0.3 is 0 Å². The summed E-state index contributed by atoms with van der Waals surface area (Å²) in [7, 11) is 0. The van der Waals surface area contributed by atoms with Gasteiger partial charge in [-0.25, -0.2) is 0 Å². The maximum absolute atomic E-state index is 11.2. The van der Waals surface area contributed by atoms with Crippen molar-refractivity contribution < 1.29 is 4.79 Å². The number of ketones is 1. The molecule has 0 amide bonds. The lowest BCUT2D eigenvalue weighted by atomic mass is 10.2. The van der Waals surface area contributed by atoms with Gasteiger partial charge in [-0.2, -0.15) is 0 Å². The highest BCUT2D eigenvalue weighted by atomic mass is 127. The van der Waals surface area contributed by atoms with Crippen LogP contribution in [0.15, 0.2) is 18.2 Å². The average molecular weight is 359 g/mol. The summed E-state index contributed by atoms with van der Waals surface area (Å²) < 4.78 is 0.976. The zero-order valence-corrected chi connectivity index (χ0v) is 10.5. The molecule has 0 heterocycles. The number of hydrogen-bond donors (Lipinski definition) is 0. The van der Waals surface area contributed by atoms with E-state index in [-0.39, 0.29) is 5.78 Å². The molecule has 0 aliphatic heterocycles. The van der Waals surface area contributed by atoms with Crippen LogP contribution in [0.4, 0.5) is 0 Å². The summed E-state index contributed by atoms with van der Waals surface area (Å²) >= 11 is 11.0. The van der Waals surface area contributed by atoms with Crippen LogP contribution in [0.2, 0.25) is 5.02 Å². The number of Topliss-reactive ketones (excluding diaryl/α,β-unsaturated/α-hetero) is 1. The third-order valence-corrected chi connectivity index (χ3v) is 2.66. The first-order chi connectivity index (χ1) is 5.63. The van der Waals surface area contributed by atoms with Gasteiger partial charge in [-0.05, 0) is 40.8 Å². The van der Waals surface area contributed by atoms with Crippen LogP contribution < -0.4 is 0 Å². The Bertz CT molecular complexity index is 294. The summed E-state index contributed by atoms with van der Waals surface area (Å²) in [5.74, 6) is 0.0513. The molecule has 0 atom stereocenters. The maximum atomic E-state index is 11.2. The quantitative estimate of drug-likeness (QED) is 0.449. The molecule has 4 heteroatoms. The molecule has 0 aliphatic rings.